The van der Waals surface area contributed by atoms with E-state index >= 15 is 0 Å². The van der Waals surface area contributed by atoms with Gasteiger partial charge in [-0.3, -0.25) is 9.59 Å². The first-order valence-electron chi connectivity index (χ1n) is 7.11. The van der Waals surface area contributed by atoms with E-state index in [1.54, 1.807) is 11.9 Å². The minimum absolute atomic E-state index is 0.0391. The molecule has 5 nitrogen and oxygen atoms in total. The number of benzene rings is 1. The highest BCUT2D eigenvalue weighted by Gasteiger charge is 2.19. The Morgan fingerprint density at radius 2 is 1.90 bits per heavy atom. The number of carbonyl (C=O) groups excluding carboxylic acids is 2. The molecule has 0 spiro atoms. The molecular weight excluding hydrogens is 266 g/mol. The third-order valence-corrected chi connectivity index (χ3v) is 3.52. The molecule has 116 valence electrons. The number of hydrogen-bond donors (Lipinski definition) is 2. The van der Waals surface area contributed by atoms with Crippen LogP contribution in [0.3, 0.4) is 0 Å². The molecule has 1 atom stereocenters. The van der Waals surface area contributed by atoms with Gasteiger partial charge in [-0.15, -0.1) is 0 Å². The van der Waals surface area contributed by atoms with E-state index in [1.165, 1.54) is 0 Å². The van der Waals surface area contributed by atoms with E-state index in [2.05, 4.69) is 5.32 Å². The SMILES string of the molecule is Cc1ccc(N(C)C(=O)CNC(=O)[C@@H](N)C(C)C)c(C)c1. The Labute approximate surface area is 126 Å². The topological polar surface area (TPSA) is 75.4 Å². The minimum atomic E-state index is -0.593. The lowest BCUT2D eigenvalue weighted by atomic mass is 10.1. The summed E-state index contributed by atoms with van der Waals surface area (Å²) in [6, 6.07) is 5.29. The molecule has 0 bridgehead atoms. The summed E-state index contributed by atoms with van der Waals surface area (Å²) in [5.41, 5.74) is 8.75. The van der Waals surface area contributed by atoms with Gasteiger partial charge in [-0.1, -0.05) is 31.5 Å². The molecule has 0 aliphatic rings. The second-order valence-corrected chi connectivity index (χ2v) is 5.73. The number of aryl methyl sites for hydroxylation is 2. The summed E-state index contributed by atoms with van der Waals surface area (Å²) in [6.07, 6.45) is 0. The van der Waals surface area contributed by atoms with E-state index in [4.69, 9.17) is 5.73 Å². The summed E-state index contributed by atoms with van der Waals surface area (Å²) in [5, 5.41) is 2.59. The Hall–Kier alpha value is -1.88. The van der Waals surface area contributed by atoms with E-state index in [1.807, 2.05) is 45.9 Å². The van der Waals surface area contributed by atoms with Gasteiger partial charge in [0.05, 0.1) is 12.6 Å². The molecule has 0 saturated carbocycles. The van der Waals surface area contributed by atoms with Gasteiger partial charge in [0.15, 0.2) is 0 Å². The van der Waals surface area contributed by atoms with Crippen LogP contribution in [0.25, 0.3) is 0 Å². The van der Waals surface area contributed by atoms with Crippen molar-refractivity contribution < 1.29 is 9.59 Å². The van der Waals surface area contributed by atoms with E-state index < -0.39 is 6.04 Å². The van der Waals surface area contributed by atoms with Gasteiger partial charge in [-0.2, -0.15) is 0 Å². The fourth-order valence-electron chi connectivity index (χ4n) is 2.02. The highest BCUT2D eigenvalue weighted by molar-refractivity contribution is 5.97. The van der Waals surface area contributed by atoms with Crippen molar-refractivity contribution >= 4 is 17.5 Å². The van der Waals surface area contributed by atoms with Crippen molar-refractivity contribution in [1.82, 2.24) is 5.32 Å². The van der Waals surface area contributed by atoms with Gasteiger partial charge in [0, 0.05) is 12.7 Å². The molecule has 21 heavy (non-hydrogen) atoms. The van der Waals surface area contributed by atoms with Gasteiger partial charge in [-0.25, -0.2) is 0 Å². The van der Waals surface area contributed by atoms with Crippen molar-refractivity contribution in [1.29, 1.82) is 0 Å². The molecule has 2 amide bonds. The van der Waals surface area contributed by atoms with Crippen LogP contribution >= 0.6 is 0 Å². The quantitative estimate of drug-likeness (QED) is 0.860. The highest BCUT2D eigenvalue weighted by atomic mass is 16.2. The van der Waals surface area contributed by atoms with Crippen LogP contribution in [0.4, 0.5) is 5.69 Å². The summed E-state index contributed by atoms with van der Waals surface area (Å²) in [7, 11) is 1.70. The zero-order valence-corrected chi connectivity index (χ0v) is 13.4. The third kappa shape index (κ3) is 4.56. The molecule has 1 aromatic rings. The largest absolute Gasteiger partial charge is 0.346 e. The Balaban J connectivity index is 2.65. The van der Waals surface area contributed by atoms with Crippen LogP contribution in [0.1, 0.15) is 25.0 Å². The van der Waals surface area contributed by atoms with Crippen molar-refractivity contribution in [3.63, 3.8) is 0 Å². The van der Waals surface area contributed by atoms with Gasteiger partial charge in [-0.05, 0) is 31.4 Å². The molecule has 0 unspecified atom stereocenters. The normalized spacial score (nSPS) is 12.1. The number of hydrogen-bond acceptors (Lipinski definition) is 3. The van der Waals surface area contributed by atoms with Crippen LogP contribution in [0.15, 0.2) is 18.2 Å². The molecule has 1 aromatic carbocycles. The Morgan fingerprint density at radius 3 is 2.43 bits per heavy atom. The number of carbonyl (C=O) groups is 2. The van der Waals surface area contributed by atoms with E-state index in [-0.39, 0.29) is 24.3 Å². The van der Waals surface area contributed by atoms with Crippen LogP contribution in [-0.2, 0) is 9.59 Å². The van der Waals surface area contributed by atoms with Gasteiger partial charge in [0.2, 0.25) is 11.8 Å². The molecular formula is C16H25N3O2. The summed E-state index contributed by atoms with van der Waals surface area (Å²) in [4.78, 5) is 25.5. The predicted octanol–water partition coefficient (Wildman–Crippen LogP) is 1.37. The lowest BCUT2D eigenvalue weighted by molar-refractivity contribution is -0.126. The fraction of sp³-hybridized carbons (Fsp3) is 0.500. The average Bonchev–Trinajstić information content (AvgIpc) is 2.42. The summed E-state index contributed by atoms with van der Waals surface area (Å²) >= 11 is 0. The molecule has 0 heterocycles. The Bertz CT molecular complexity index is 526. The molecule has 5 heteroatoms. The fourth-order valence-corrected chi connectivity index (χ4v) is 2.02. The van der Waals surface area contributed by atoms with E-state index in [9.17, 15) is 9.59 Å². The molecule has 0 fully saturated rings. The maximum Gasteiger partial charge on any atom is 0.246 e. The molecule has 0 saturated heterocycles. The zero-order chi connectivity index (χ0) is 16.2. The van der Waals surface area contributed by atoms with Crippen molar-refractivity contribution in [3.8, 4) is 0 Å². The zero-order valence-electron chi connectivity index (χ0n) is 13.4. The molecule has 0 aliphatic carbocycles. The average molecular weight is 291 g/mol. The molecule has 1 rings (SSSR count). The molecule has 0 radical (unpaired) electrons. The van der Waals surface area contributed by atoms with Crippen molar-refractivity contribution in [2.24, 2.45) is 11.7 Å². The van der Waals surface area contributed by atoms with Gasteiger partial charge in [0.25, 0.3) is 0 Å². The van der Waals surface area contributed by atoms with Gasteiger partial charge < -0.3 is 16.0 Å². The summed E-state index contributed by atoms with van der Waals surface area (Å²) in [6.45, 7) is 7.65. The maximum atomic E-state index is 12.1. The smallest absolute Gasteiger partial charge is 0.246 e. The third-order valence-electron chi connectivity index (χ3n) is 3.52. The Morgan fingerprint density at radius 1 is 1.29 bits per heavy atom. The van der Waals surface area contributed by atoms with Gasteiger partial charge >= 0.3 is 0 Å². The van der Waals surface area contributed by atoms with Gasteiger partial charge in [0.1, 0.15) is 0 Å². The van der Waals surface area contributed by atoms with E-state index in [0.717, 1.165) is 16.8 Å². The first-order valence-corrected chi connectivity index (χ1v) is 7.11. The van der Waals surface area contributed by atoms with Crippen molar-refractivity contribution in [2.75, 3.05) is 18.5 Å². The van der Waals surface area contributed by atoms with Crippen molar-refractivity contribution in [3.05, 3.63) is 29.3 Å². The first kappa shape index (κ1) is 17.2. The Kier molecular flexibility index (Phi) is 5.90. The standard InChI is InChI=1S/C16H25N3O2/c1-10(2)15(17)16(21)18-9-14(20)19(5)13-7-6-11(3)8-12(13)4/h6-8,10,15H,9,17H2,1-5H3,(H,18,21)/t15-/m0/s1. The number of anilines is 1. The number of nitrogens with two attached hydrogens (primary N) is 1. The predicted molar refractivity (Wildman–Crippen MR) is 85.1 cm³/mol. The lowest BCUT2D eigenvalue weighted by Gasteiger charge is -2.21. The second kappa shape index (κ2) is 7.22. The minimum Gasteiger partial charge on any atom is -0.346 e. The van der Waals surface area contributed by atoms with Crippen LogP contribution in [-0.4, -0.2) is 31.4 Å². The van der Waals surface area contributed by atoms with Crippen LogP contribution in [0.5, 0.6) is 0 Å². The number of likely N-dealkylation sites (N-methyl/N-ethyl adjacent to an activating group) is 1. The number of nitrogens with one attached hydrogen (secondary N) is 1. The molecule has 0 aromatic heterocycles. The highest BCUT2D eigenvalue weighted by Crippen LogP contribution is 2.19. The van der Waals surface area contributed by atoms with Crippen LogP contribution in [0, 0.1) is 19.8 Å². The summed E-state index contributed by atoms with van der Waals surface area (Å²) in [5.74, 6) is -0.434. The number of amides is 2. The number of rotatable bonds is 5. The lowest BCUT2D eigenvalue weighted by Crippen LogP contribution is -2.47. The van der Waals surface area contributed by atoms with Crippen molar-refractivity contribution in [2.45, 2.75) is 33.7 Å². The van der Waals surface area contributed by atoms with Crippen LogP contribution in [0.2, 0.25) is 0 Å². The monoisotopic (exact) mass is 291 g/mol. The van der Waals surface area contributed by atoms with E-state index in [0.29, 0.717) is 0 Å². The van der Waals surface area contributed by atoms with Crippen LogP contribution < -0.4 is 16.0 Å². The maximum absolute atomic E-state index is 12.1. The summed E-state index contributed by atoms with van der Waals surface area (Å²) < 4.78 is 0. The second-order valence-electron chi connectivity index (χ2n) is 5.73. The number of nitrogens with zero attached hydrogens (tertiary/aromatic N) is 1. The first-order chi connectivity index (χ1) is 9.73. The molecule has 0 aliphatic heterocycles. The molecule has 3 N–H and O–H groups in total.